The van der Waals surface area contributed by atoms with E-state index in [1.165, 1.54) is 22.3 Å². The Labute approximate surface area is 488 Å². The van der Waals surface area contributed by atoms with Crippen LogP contribution in [-0.4, -0.2) is 14.1 Å². The number of aromatic nitrogens is 4. The molecule has 81 heavy (non-hydrogen) atoms. The molecule has 5 heteroatoms. The summed E-state index contributed by atoms with van der Waals surface area (Å²) in [4.78, 5) is 4.93. The van der Waals surface area contributed by atoms with Gasteiger partial charge in [-0.3, -0.25) is 13.7 Å². The first-order valence-electron chi connectivity index (χ1n) is 31.7. The number of aryl methyl sites for hydroxylation is 2. The van der Waals surface area contributed by atoms with Crippen LogP contribution in [0.25, 0.3) is 94.5 Å². The number of imidazole rings is 1. The lowest BCUT2D eigenvalue weighted by molar-refractivity contribution is -0.572. The number of ether oxygens (including phenoxy) is 1. The molecular formula is C76H76N4O. The summed E-state index contributed by atoms with van der Waals surface area (Å²) in [6, 6.07) is 53.9. The molecule has 0 unspecified atom stereocenters. The van der Waals surface area contributed by atoms with E-state index >= 15 is 0 Å². The first-order chi connectivity index (χ1) is 40.8. The van der Waals surface area contributed by atoms with Crippen molar-refractivity contribution in [2.24, 2.45) is 0 Å². The molecule has 406 valence electrons. The smallest absolute Gasteiger partial charge is 0.269 e. The van der Waals surface area contributed by atoms with E-state index in [0.717, 1.165) is 96.3 Å². The first kappa shape index (κ1) is 45.7. The minimum atomic E-state index is -2.65. The van der Waals surface area contributed by atoms with Crippen molar-refractivity contribution in [1.29, 1.82) is 0 Å². The molecule has 11 aromatic rings. The van der Waals surface area contributed by atoms with Gasteiger partial charge in [0.15, 0.2) is 0 Å². The van der Waals surface area contributed by atoms with Crippen LogP contribution in [0.5, 0.6) is 11.5 Å². The highest BCUT2D eigenvalue weighted by Gasteiger charge is 2.40. The number of nitrogens with zero attached hydrogens (tertiary/aromatic N) is 4. The predicted octanol–water partition coefficient (Wildman–Crippen LogP) is 19.8. The molecule has 0 atom stereocenters. The molecule has 5 nitrogen and oxygen atoms in total. The fraction of sp³-hybridized carbons (Fsp3) is 0.289. The van der Waals surface area contributed by atoms with E-state index in [0.29, 0.717) is 22.6 Å². The molecule has 3 aromatic heterocycles. The van der Waals surface area contributed by atoms with Gasteiger partial charge in [-0.1, -0.05) is 181 Å². The third-order valence-electron chi connectivity index (χ3n) is 17.7. The summed E-state index contributed by atoms with van der Waals surface area (Å²) in [6.45, 7) is 24.6. The van der Waals surface area contributed by atoms with Gasteiger partial charge in [0.2, 0.25) is 0 Å². The van der Waals surface area contributed by atoms with Crippen LogP contribution in [0.2, 0.25) is 0 Å². The number of para-hydroxylation sites is 1. The molecule has 0 saturated heterocycles. The van der Waals surface area contributed by atoms with E-state index in [4.69, 9.17) is 17.9 Å². The van der Waals surface area contributed by atoms with Crippen LogP contribution in [0, 0.1) is 20.0 Å². The second-order valence-electron chi connectivity index (χ2n) is 27.4. The summed E-state index contributed by atoms with van der Waals surface area (Å²) >= 11 is 0. The Hall–Kier alpha value is -8.02. The Bertz CT molecular complexity index is 4610. The monoisotopic (exact) mass is 1070 g/mol. The standard InChI is InChI=1S/C76H76N4O/c1-46-22-20-23-47(2)69(46)48-36-60-55-27-17-16-26-54(55)58-43-62-63(76(14,15)34-33-75(62,12)13)44-59(58)61-38-50(73(6,7)8)39-64(74(9,10)11)70(61)79-45-78(67(37-48)71(60)79)51-24-21-25-52(41-51)81-53-30-31-57-56-28-18-19-29-65(56)80(66(57)42-53)68-40-49(32-35-77-68)72(3,4)5/h16-32,35-44H,33-34H2,1-15H3/i1D3,2D3. The minimum absolute atomic E-state index is 0.0324. The summed E-state index contributed by atoms with van der Waals surface area (Å²) in [5.74, 6) is 2.05. The molecule has 0 amide bonds. The van der Waals surface area contributed by atoms with Crippen molar-refractivity contribution in [2.45, 2.75) is 144 Å². The van der Waals surface area contributed by atoms with Crippen LogP contribution in [0.15, 0.2) is 164 Å². The zero-order valence-corrected chi connectivity index (χ0v) is 49.2. The van der Waals surface area contributed by atoms with Gasteiger partial charge in [-0.2, -0.15) is 0 Å². The lowest BCUT2D eigenvalue weighted by Crippen LogP contribution is -2.36. The second kappa shape index (κ2) is 18.2. The molecule has 1 aliphatic heterocycles. The van der Waals surface area contributed by atoms with Gasteiger partial charge in [-0.05, 0) is 198 Å². The summed E-state index contributed by atoms with van der Waals surface area (Å²) in [6.07, 6.45) is 7.99. The number of hydrogen-bond donors (Lipinski definition) is 0. The van der Waals surface area contributed by atoms with Crippen molar-refractivity contribution >= 4 is 32.8 Å². The Balaban J connectivity index is 1.13. The Kier molecular flexibility index (Phi) is 10.3. The average molecular weight is 1070 g/mol. The minimum Gasteiger partial charge on any atom is -0.458 e. The molecule has 0 N–H and O–H groups in total. The predicted molar refractivity (Wildman–Crippen MR) is 338 cm³/mol. The Morgan fingerprint density at radius 1 is 0.531 bits per heavy atom. The van der Waals surface area contributed by atoms with Gasteiger partial charge in [-0.25, -0.2) is 4.98 Å². The van der Waals surface area contributed by atoms with Crippen LogP contribution in [0.3, 0.4) is 0 Å². The van der Waals surface area contributed by atoms with E-state index in [1.54, 1.807) is 18.2 Å². The van der Waals surface area contributed by atoms with E-state index in [1.807, 2.05) is 48.7 Å². The van der Waals surface area contributed by atoms with Crippen molar-refractivity contribution in [3.05, 3.63) is 209 Å². The van der Waals surface area contributed by atoms with Crippen LogP contribution in [0.1, 0.15) is 150 Å². The Morgan fingerprint density at radius 2 is 1.16 bits per heavy atom. The van der Waals surface area contributed by atoms with Gasteiger partial charge < -0.3 is 4.74 Å². The molecule has 4 heterocycles. The number of fused-ring (bicyclic) bond motifs is 11. The van der Waals surface area contributed by atoms with Crippen LogP contribution in [0.4, 0.5) is 0 Å². The maximum atomic E-state index is 8.96. The third kappa shape index (κ3) is 8.64. The summed E-state index contributed by atoms with van der Waals surface area (Å²) < 4.78 is 67.3. The normalized spacial score (nSPS) is 16.1. The van der Waals surface area contributed by atoms with E-state index in [9.17, 15) is 0 Å². The molecule has 2 aliphatic rings. The Morgan fingerprint density at radius 3 is 1.84 bits per heavy atom. The highest BCUT2D eigenvalue weighted by atomic mass is 16.5. The maximum Gasteiger partial charge on any atom is 0.269 e. The molecule has 0 radical (unpaired) electrons. The zero-order valence-electron chi connectivity index (χ0n) is 55.2. The van der Waals surface area contributed by atoms with Gasteiger partial charge in [0, 0.05) is 31.3 Å². The molecule has 0 bridgehead atoms. The van der Waals surface area contributed by atoms with Crippen molar-refractivity contribution in [3.63, 3.8) is 0 Å². The number of rotatable bonds is 5. The van der Waals surface area contributed by atoms with Crippen molar-refractivity contribution in [1.82, 2.24) is 14.1 Å². The second-order valence-corrected chi connectivity index (χ2v) is 27.4. The van der Waals surface area contributed by atoms with Gasteiger partial charge in [-0.15, -0.1) is 0 Å². The van der Waals surface area contributed by atoms with Crippen molar-refractivity contribution in [3.8, 4) is 73.2 Å². The fourth-order valence-corrected chi connectivity index (χ4v) is 13.0. The third-order valence-corrected chi connectivity index (χ3v) is 17.7. The van der Waals surface area contributed by atoms with Gasteiger partial charge in [0.1, 0.15) is 17.3 Å². The molecule has 1 aliphatic carbocycles. The van der Waals surface area contributed by atoms with E-state index < -0.39 is 19.1 Å². The summed E-state index contributed by atoms with van der Waals surface area (Å²) in [5.41, 5.74) is 17.2. The quantitative estimate of drug-likeness (QED) is 0.127. The molecule has 0 fully saturated rings. The highest BCUT2D eigenvalue weighted by Crippen LogP contribution is 2.53. The maximum absolute atomic E-state index is 8.96. The van der Waals surface area contributed by atoms with Crippen molar-refractivity contribution in [2.75, 3.05) is 0 Å². The zero-order chi connectivity index (χ0) is 61.9. The molecule has 8 aromatic carbocycles. The fourth-order valence-electron chi connectivity index (χ4n) is 13.0. The molecule has 13 rings (SSSR count). The van der Waals surface area contributed by atoms with Gasteiger partial charge in [0.05, 0.1) is 33.4 Å². The lowest BCUT2D eigenvalue weighted by Gasteiger charge is -2.43. The topological polar surface area (TPSA) is 35.9 Å². The number of hydrogen-bond acceptors (Lipinski definition) is 2. The summed E-state index contributed by atoms with van der Waals surface area (Å²) in [7, 11) is 0. The lowest BCUT2D eigenvalue weighted by atomic mass is 9.62. The molecular weight excluding hydrogens is 985 g/mol. The average Bonchev–Trinajstić information content (AvgIpc) is 1.71. The van der Waals surface area contributed by atoms with E-state index in [-0.39, 0.29) is 38.4 Å². The van der Waals surface area contributed by atoms with Crippen LogP contribution < -0.4 is 9.30 Å². The molecule has 0 spiro atoms. The highest BCUT2D eigenvalue weighted by molar-refractivity contribution is 6.09. The van der Waals surface area contributed by atoms with Crippen LogP contribution >= 0.6 is 0 Å². The van der Waals surface area contributed by atoms with Gasteiger partial charge in [0.25, 0.3) is 6.33 Å². The van der Waals surface area contributed by atoms with Crippen molar-refractivity contribution < 1.29 is 17.5 Å². The number of benzene rings is 8. The van der Waals surface area contributed by atoms with E-state index in [2.05, 4.69) is 207 Å². The molecule has 0 saturated carbocycles. The van der Waals surface area contributed by atoms with Gasteiger partial charge >= 0.3 is 0 Å². The summed E-state index contributed by atoms with van der Waals surface area (Å²) in [5, 5.41) is 2.19. The largest absolute Gasteiger partial charge is 0.458 e. The first-order valence-corrected chi connectivity index (χ1v) is 28.7. The number of pyridine rings is 1. The SMILES string of the molecule is [2H]C([2H])([2H])c1cccc(C([2H])([2H])[2H])c1-c1cc2c3c(c1)n(-c1cccc(Oc4ccc5c6ccccc6n(-c6cc(C(C)(C)C)ccn6)c5c4)c1)[c-][n+]3-c1c(cc(C(C)(C)C)cc1C(C)(C)C)-c1cc3c(cc1-c1ccccc1-2)C(C)(C)CCC3(C)C. The van der Waals surface area contributed by atoms with Crippen LogP contribution in [-0.2, 0) is 27.1 Å².